The largest absolute Gasteiger partial charge is 0.497 e. The highest BCUT2D eigenvalue weighted by Gasteiger charge is 2.00. The van der Waals surface area contributed by atoms with E-state index in [4.69, 9.17) is 9.84 Å². The van der Waals surface area contributed by atoms with E-state index in [2.05, 4.69) is 11.6 Å². The lowest BCUT2D eigenvalue weighted by Crippen LogP contribution is -1.94. The van der Waals surface area contributed by atoms with Gasteiger partial charge in [-0.15, -0.1) is 0 Å². The highest BCUT2D eigenvalue weighted by molar-refractivity contribution is 6.22. The number of nitrogens with zero attached hydrogens (tertiary/aromatic N) is 1. The summed E-state index contributed by atoms with van der Waals surface area (Å²) < 4.78 is 5.01. The molecule has 0 aliphatic carbocycles. The topological polar surface area (TPSA) is 58.9 Å². The number of rotatable bonds is 4. The zero-order valence-electron chi connectivity index (χ0n) is 8.30. The SMILES string of the molecule is C=Cc1ccc(OC)cc1N=CC(=O)O. The van der Waals surface area contributed by atoms with Crippen LogP contribution in [0, 0.1) is 0 Å². The van der Waals surface area contributed by atoms with Gasteiger partial charge in [0.1, 0.15) is 12.0 Å². The summed E-state index contributed by atoms with van der Waals surface area (Å²) in [7, 11) is 1.54. The molecule has 1 aromatic carbocycles. The second kappa shape index (κ2) is 4.95. The maximum Gasteiger partial charge on any atom is 0.346 e. The number of carbonyl (C=O) groups is 1. The van der Waals surface area contributed by atoms with Gasteiger partial charge >= 0.3 is 5.97 Å². The van der Waals surface area contributed by atoms with Crippen molar-refractivity contribution in [3.63, 3.8) is 0 Å². The summed E-state index contributed by atoms with van der Waals surface area (Å²) in [5, 5.41) is 8.46. The number of carboxylic acids is 1. The van der Waals surface area contributed by atoms with Crippen molar-refractivity contribution in [3.05, 3.63) is 30.3 Å². The minimum absolute atomic E-state index is 0.520. The number of aliphatic carboxylic acids is 1. The Morgan fingerprint density at radius 3 is 2.87 bits per heavy atom. The summed E-state index contributed by atoms with van der Waals surface area (Å²) in [5.41, 5.74) is 1.28. The molecule has 0 heterocycles. The lowest BCUT2D eigenvalue weighted by Gasteiger charge is -2.03. The Labute approximate surface area is 87.5 Å². The van der Waals surface area contributed by atoms with Crippen molar-refractivity contribution in [2.75, 3.05) is 7.11 Å². The van der Waals surface area contributed by atoms with E-state index in [0.29, 0.717) is 11.4 Å². The Morgan fingerprint density at radius 2 is 2.33 bits per heavy atom. The quantitative estimate of drug-likeness (QED) is 0.766. The van der Waals surface area contributed by atoms with Gasteiger partial charge in [-0.3, -0.25) is 0 Å². The van der Waals surface area contributed by atoms with Crippen molar-refractivity contribution in [1.82, 2.24) is 0 Å². The highest BCUT2D eigenvalue weighted by Crippen LogP contribution is 2.25. The first-order chi connectivity index (χ1) is 7.17. The Hall–Kier alpha value is -2.10. The minimum Gasteiger partial charge on any atom is -0.497 e. The van der Waals surface area contributed by atoms with Gasteiger partial charge in [0.2, 0.25) is 0 Å². The second-order valence-electron chi connectivity index (χ2n) is 2.73. The summed E-state index contributed by atoms with van der Waals surface area (Å²) >= 11 is 0. The fraction of sp³-hybridized carbons (Fsp3) is 0.0909. The molecule has 1 N–H and O–H groups in total. The van der Waals surface area contributed by atoms with Crippen molar-refractivity contribution >= 4 is 23.9 Å². The summed E-state index contributed by atoms with van der Waals surface area (Å²) in [6.07, 6.45) is 2.44. The van der Waals surface area contributed by atoms with Crippen LogP contribution in [0.5, 0.6) is 5.75 Å². The van der Waals surface area contributed by atoms with Crippen LogP contribution in [-0.4, -0.2) is 24.4 Å². The van der Waals surface area contributed by atoms with Crippen LogP contribution in [0.25, 0.3) is 6.08 Å². The summed E-state index contributed by atoms with van der Waals surface area (Å²) in [6.45, 7) is 3.61. The van der Waals surface area contributed by atoms with E-state index >= 15 is 0 Å². The standard InChI is InChI=1S/C11H11NO3/c1-3-8-4-5-9(15-2)6-10(8)12-7-11(13)14/h3-7H,1H2,2H3,(H,13,14). The predicted octanol–water partition coefficient (Wildman–Crippen LogP) is 2.13. The number of hydrogen-bond acceptors (Lipinski definition) is 3. The Kier molecular flexibility index (Phi) is 3.62. The van der Waals surface area contributed by atoms with Crippen molar-refractivity contribution in [2.45, 2.75) is 0 Å². The Morgan fingerprint density at radius 1 is 1.60 bits per heavy atom. The fourth-order valence-corrected chi connectivity index (χ4v) is 1.06. The van der Waals surface area contributed by atoms with Crippen molar-refractivity contribution < 1.29 is 14.6 Å². The van der Waals surface area contributed by atoms with Gasteiger partial charge in [0.25, 0.3) is 0 Å². The van der Waals surface area contributed by atoms with Crippen LogP contribution in [0.3, 0.4) is 0 Å². The third-order valence-corrected chi connectivity index (χ3v) is 1.77. The molecule has 0 aliphatic rings. The summed E-state index contributed by atoms with van der Waals surface area (Å²) in [6, 6.07) is 5.17. The third-order valence-electron chi connectivity index (χ3n) is 1.77. The van der Waals surface area contributed by atoms with Crippen LogP contribution >= 0.6 is 0 Å². The van der Waals surface area contributed by atoms with E-state index < -0.39 is 5.97 Å². The molecule has 0 spiro atoms. The van der Waals surface area contributed by atoms with Gasteiger partial charge in [0.15, 0.2) is 0 Å². The van der Waals surface area contributed by atoms with Gasteiger partial charge in [-0.1, -0.05) is 12.7 Å². The number of hydrogen-bond donors (Lipinski definition) is 1. The molecule has 0 unspecified atom stereocenters. The van der Waals surface area contributed by atoms with Crippen molar-refractivity contribution in [1.29, 1.82) is 0 Å². The monoisotopic (exact) mass is 205 g/mol. The Bertz CT molecular complexity index is 410. The van der Waals surface area contributed by atoms with E-state index in [0.717, 1.165) is 11.8 Å². The molecule has 0 saturated heterocycles. The molecule has 78 valence electrons. The fourth-order valence-electron chi connectivity index (χ4n) is 1.06. The molecule has 0 bridgehead atoms. The van der Waals surface area contributed by atoms with E-state index in [1.165, 1.54) is 7.11 Å². The normalized spacial score (nSPS) is 10.2. The third kappa shape index (κ3) is 2.95. The van der Waals surface area contributed by atoms with Gasteiger partial charge in [0, 0.05) is 6.07 Å². The summed E-state index contributed by atoms with van der Waals surface area (Å²) in [4.78, 5) is 14.1. The lowest BCUT2D eigenvalue weighted by molar-refractivity contribution is -0.128. The van der Waals surface area contributed by atoms with Crippen LogP contribution in [0.1, 0.15) is 5.56 Å². The maximum atomic E-state index is 10.3. The first kappa shape index (κ1) is 11.0. The molecule has 1 rings (SSSR count). The van der Waals surface area contributed by atoms with Crippen LogP contribution in [-0.2, 0) is 4.79 Å². The van der Waals surface area contributed by atoms with Crippen LogP contribution < -0.4 is 4.74 Å². The van der Waals surface area contributed by atoms with Crippen LogP contribution in [0.4, 0.5) is 5.69 Å². The van der Waals surface area contributed by atoms with E-state index in [1.54, 1.807) is 24.3 Å². The molecule has 1 aromatic rings. The zero-order valence-corrected chi connectivity index (χ0v) is 8.30. The molecule has 4 heteroatoms. The molecular weight excluding hydrogens is 194 g/mol. The van der Waals surface area contributed by atoms with Crippen LogP contribution in [0.15, 0.2) is 29.8 Å². The molecule has 4 nitrogen and oxygen atoms in total. The van der Waals surface area contributed by atoms with Gasteiger partial charge in [-0.25, -0.2) is 9.79 Å². The van der Waals surface area contributed by atoms with Crippen molar-refractivity contribution in [3.8, 4) is 5.75 Å². The average molecular weight is 205 g/mol. The molecule has 15 heavy (non-hydrogen) atoms. The minimum atomic E-state index is -1.09. The zero-order chi connectivity index (χ0) is 11.3. The second-order valence-corrected chi connectivity index (χ2v) is 2.73. The molecule has 0 saturated carbocycles. The molecule has 0 radical (unpaired) electrons. The van der Waals surface area contributed by atoms with Gasteiger partial charge in [-0.05, 0) is 17.7 Å². The van der Waals surface area contributed by atoms with E-state index in [-0.39, 0.29) is 0 Å². The summed E-state index contributed by atoms with van der Waals surface area (Å²) in [5.74, 6) is -0.467. The van der Waals surface area contributed by atoms with Crippen molar-refractivity contribution in [2.24, 2.45) is 4.99 Å². The first-order valence-electron chi connectivity index (χ1n) is 4.25. The molecule has 0 aliphatic heterocycles. The maximum absolute atomic E-state index is 10.3. The lowest BCUT2D eigenvalue weighted by atomic mass is 10.1. The predicted molar refractivity (Wildman–Crippen MR) is 58.9 cm³/mol. The molecular formula is C11H11NO3. The molecule has 0 fully saturated rings. The smallest absolute Gasteiger partial charge is 0.346 e. The number of benzene rings is 1. The number of aliphatic imine (C=N–C) groups is 1. The molecule has 0 amide bonds. The number of carboxylic acid groups (broad SMARTS) is 1. The Balaban J connectivity index is 3.11. The first-order valence-corrected chi connectivity index (χ1v) is 4.25. The average Bonchev–Trinajstić information content (AvgIpc) is 2.25. The van der Waals surface area contributed by atoms with Gasteiger partial charge in [0.05, 0.1) is 12.8 Å². The molecule has 0 atom stereocenters. The highest BCUT2D eigenvalue weighted by atomic mass is 16.5. The van der Waals surface area contributed by atoms with E-state index in [1.807, 2.05) is 0 Å². The van der Waals surface area contributed by atoms with E-state index in [9.17, 15) is 4.79 Å². The molecule has 0 aromatic heterocycles. The number of methoxy groups -OCH3 is 1. The van der Waals surface area contributed by atoms with Gasteiger partial charge in [-0.2, -0.15) is 0 Å². The van der Waals surface area contributed by atoms with Gasteiger partial charge < -0.3 is 9.84 Å². The van der Waals surface area contributed by atoms with Crippen LogP contribution in [0.2, 0.25) is 0 Å². The number of ether oxygens (including phenoxy) is 1.